The molecule has 0 bridgehead atoms. The van der Waals surface area contributed by atoms with Crippen molar-refractivity contribution in [3.63, 3.8) is 0 Å². The summed E-state index contributed by atoms with van der Waals surface area (Å²) in [5, 5.41) is 0. The fourth-order valence-electron chi connectivity index (χ4n) is 1.16. The second-order valence-electron chi connectivity index (χ2n) is 3.02. The number of ether oxygens (including phenoxy) is 1. The van der Waals surface area contributed by atoms with E-state index >= 15 is 0 Å². The van der Waals surface area contributed by atoms with Gasteiger partial charge >= 0.3 is 5.97 Å². The van der Waals surface area contributed by atoms with Crippen LogP contribution in [-0.2, 0) is 10.6 Å². The lowest BCUT2D eigenvalue weighted by atomic mass is 10.2. The molecule has 0 radical (unpaired) electrons. The second-order valence-corrected chi connectivity index (χ2v) is 4.37. The smallest absolute Gasteiger partial charge is 0.356 e. The third kappa shape index (κ3) is 3.48. The highest BCUT2D eigenvalue weighted by Gasteiger charge is 2.20. The molecule has 1 aromatic heterocycles. The fourth-order valence-corrected chi connectivity index (χ4v) is 2.29. The van der Waals surface area contributed by atoms with E-state index in [1.807, 2.05) is 0 Å². The van der Waals surface area contributed by atoms with Gasteiger partial charge in [0.1, 0.15) is 11.4 Å². The third-order valence-electron chi connectivity index (χ3n) is 1.89. The molecule has 0 unspecified atom stereocenters. The number of halogens is 4. The summed E-state index contributed by atoms with van der Waals surface area (Å²) >= 11 is 7.37. The monoisotopic (exact) mass is 375 g/mol. The summed E-state index contributed by atoms with van der Waals surface area (Å²) in [4.78, 5) is 15.0. The molecule has 1 heterocycles. The summed E-state index contributed by atoms with van der Waals surface area (Å²) in [6, 6.07) is 1.37. The van der Waals surface area contributed by atoms with Crippen LogP contribution in [0.2, 0.25) is 0 Å². The quantitative estimate of drug-likeness (QED) is 0.459. The van der Waals surface area contributed by atoms with Crippen LogP contribution in [0.25, 0.3) is 0 Å². The molecule has 0 N–H and O–H groups in total. The van der Waals surface area contributed by atoms with Gasteiger partial charge in [0, 0.05) is 9.45 Å². The SMILES string of the molecule is CCOC(=O)c1cc(CCl)c(I)c(C(F)F)n1. The van der Waals surface area contributed by atoms with Crippen molar-refractivity contribution in [2.45, 2.75) is 19.2 Å². The molecule has 7 heteroatoms. The van der Waals surface area contributed by atoms with Crippen molar-refractivity contribution in [1.82, 2.24) is 4.98 Å². The van der Waals surface area contributed by atoms with Crippen molar-refractivity contribution in [2.75, 3.05) is 6.61 Å². The molecule has 0 atom stereocenters. The molecular weight excluding hydrogens is 366 g/mol. The normalized spacial score (nSPS) is 10.7. The van der Waals surface area contributed by atoms with Crippen molar-refractivity contribution in [2.24, 2.45) is 0 Å². The number of aromatic nitrogens is 1. The van der Waals surface area contributed by atoms with E-state index in [2.05, 4.69) is 4.98 Å². The van der Waals surface area contributed by atoms with Gasteiger partial charge in [-0.05, 0) is 41.1 Å². The van der Waals surface area contributed by atoms with Crippen LogP contribution in [0.15, 0.2) is 6.07 Å². The van der Waals surface area contributed by atoms with Crippen molar-refractivity contribution >= 4 is 40.2 Å². The van der Waals surface area contributed by atoms with Crippen molar-refractivity contribution in [3.8, 4) is 0 Å². The van der Waals surface area contributed by atoms with E-state index in [0.717, 1.165) is 0 Å². The minimum absolute atomic E-state index is 0.0346. The lowest BCUT2D eigenvalue weighted by Crippen LogP contribution is -2.11. The topological polar surface area (TPSA) is 39.2 Å². The Kier molecular flexibility index (Phi) is 5.51. The zero-order valence-electron chi connectivity index (χ0n) is 8.84. The van der Waals surface area contributed by atoms with Crippen molar-refractivity contribution in [3.05, 3.63) is 26.6 Å². The zero-order valence-corrected chi connectivity index (χ0v) is 11.8. The molecule has 0 spiro atoms. The zero-order chi connectivity index (χ0) is 13.0. The van der Waals surface area contributed by atoms with Crippen LogP contribution in [0.4, 0.5) is 8.78 Å². The van der Waals surface area contributed by atoms with Gasteiger partial charge in [0.15, 0.2) is 0 Å². The highest BCUT2D eigenvalue weighted by atomic mass is 127. The van der Waals surface area contributed by atoms with E-state index in [1.54, 1.807) is 29.5 Å². The highest BCUT2D eigenvalue weighted by molar-refractivity contribution is 14.1. The minimum Gasteiger partial charge on any atom is -0.461 e. The number of esters is 1. The predicted octanol–water partition coefficient (Wildman–Crippen LogP) is 3.54. The van der Waals surface area contributed by atoms with Gasteiger partial charge in [-0.1, -0.05) is 0 Å². The van der Waals surface area contributed by atoms with Crippen molar-refractivity contribution < 1.29 is 18.3 Å². The average Bonchev–Trinajstić information content (AvgIpc) is 2.29. The Bertz CT molecular complexity index is 429. The summed E-state index contributed by atoms with van der Waals surface area (Å²) in [6.07, 6.45) is -2.75. The summed E-state index contributed by atoms with van der Waals surface area (Å²) in [5.41, 5.74) is -0.134. The first kappa shape index (κ1) is 14.6. The largest absolute Gasteiger partial charge is 0.461 e. The van der Waals surface area contributed by atoms with E-state index in [0.29, 0.717) is 5.56 Å². The number of nitrogens with zero attached hydrogens (tertiary/aromatic N) is 1. The second kappa shape index (κ2) is 6.44. The Morgan fingerprint density at radius 2 is 2.29 bits per heavy atom. The first-order valence-electron chi connectivity index (χ1n) is 4.71. The maximum atomic E-state index is 12.7. The summed E-state index contributed by atoms with van der Waals surface area (Å²) in [7, 11) is 0. The predicted molar refractivity (Wildman–Crippen MR) is 67.4 cm³/mol. The average molecular weight is 376 g/mol. The number of alkyl halides is 3. The fraction of sp³-hybridized carbons (Fsp3) is 0.400. The molecule has 0 amide bonds. The summed E-state index contributed by atoms with van der Waals surface area (Å²) in [6.45, 7) is 1.79. The number of pyridine rings is 1. The molecule has 94 valence electrons. The number of carbonyl (C=O) groups is 1. The molecule has 0 aliphatic heterocycles. The van der Waals surface area contributed by atoms with Gasteiger partial charge in [0.2, 0.25) is 0 Å². The molecule has 0 fully saturated rings. The van der Waals surface area contributed by atoms with Gasteiger partial charge in [-0.15, -0.1) is 11.6 Å². The first-order chi connectivity index (χ1) is 8.01. The molecule has 17 heavy (non-hydrogen) atoms. The lowest BCUT2D eigenvalue weighted by molar-refractivity contribution is 0.0517. The van der Waals surface area contributed by atoms with Crippen LogP contribution in [0, 0.1) is 3.57 Å². The summed E-state index contributed by atoms with van der Waals surface area (Å²) < 4.78 is 30.4. The van der Waals surface area contributed by atoms with Crippen LogP contribution in [0.1, 0.15) is 35.1 Å². The van der Waals surface area contributed by atoms with Crippen LogP contribution < -0.4 is 0 Å². The lowest BCUT2D eigenvalue weighted by Gasteiger charge is -2.09. The Hall–Kier alpha value is -0.500. The molecule has 1 rings (SSSR count). The van der Waals surface area contributed by atoms with Crippen LogP contribution in [-0.4, -0.2) is 17.6 Å². The molecule has 0 saturated heterocycles. The Morgan fingerprint density at radius 1 is 1.65 bits per heavy atom. The van der Waals surface area contributed by atoms with E-state index < -0.39 is 18.1 Å². The molecule has 0 aromatic carbocycles. The molecule has 3 nitrogen and oxygen atoms in total. The van der Waals surface area contributed by atoms with Gasteiger partial charge < -0.3 is 4.74 Å². The van der Waals surface area contributed by atoms with Crippen LogP contribution in [0.5, 0.6) is 0 Å². The Labute approximate surface area is 116 Å². The van der Waals surface area contributed by atoms with Crippen LogP contribution in [0.3, 0.4) is 0 Å². The Balaban J connectivity index is 3.25. The van der Waals surface area contributed by atoms with E-state index in [1.165, 1.54) is 6.07 Å². The molecule has 0 saturated carbocycles. The maximum Gasteiger partial charge on any atom is 0.356 e. The van der Waals surface area contributed by atoms with Gasteiger partial charge in [-0.3, -0.25) is 0 Å². The molecule has 0 aliphatic rings. The van der Waals surface area contributed by atoms with Crippen LogP contribution >= 0.6 is 34.2 Å². The van der Waals surface area contributed by atoms with Gasteiger partial charge in [-0.2, -0.15) is 0 Å². The van der Waals surface area contributed by atoms with Gasteiger partial charge in [0.25, 0.3) is 6.43 Å². The summed E-state index contributed by atoms with van der Waals surface area (Å²) in [5.74, 6) is -0.690. The van der Waals surface area contributed by atoms with Gasteiger partial charge in [-0.25, -0.2) is 18.6 Å². The van der Waals surface area contributed by atoms with E-state index in [9.17, 15) is 13.6 Å². The highest BCUT2D eigenvalue weighted by Crippen LogP contribution is 2.27. The van der Waals surface area contributed by atoms with E-state index in [-0.39, 0.29) is 21.8 Å². The number of hydrogen-bond donors (Lipinski definition) is 0. The number of rotatable bonds is 4. The Morgan fingerprint density at radius 3 is 2.76 bits per heavy atom. The minimum atomic E-state index is -2.75. The number of hydrogen-bond acceptors (Lipinski definition) is 3. The van der Waals surface area contributed by atoms with E-state index in [4.69, 9.17) is 16.3 Å². The standard InChI is InChI=1S/C10H9ClF2INO2/c1-2-17-10(16)6-3-5(4-11)7(14)8(15-6)9(12)13/h3,9H,2,4H2,1H3. The van der Waals surface area contributed by atoms with Crippen molar-refractivity contribution in [1.29, 1.82) is 0 Å². The first-order valence-corrected chi connectivity index (χ1v) is 6.33. The number of carbonyl (C=O) groups excluding carboxylic acids is 1. The molecule has 0 aliphatic carbocycles. The van der Waals surface area contributed by atoms with Gasteiger partial charge in [0.05, 0.1) is 6.61 Å². The maximum absolute atomic E-state index is 12.7. The molecular formula is C10H9ClF2INO2. The molecule has 1 aromatic rings. The third-order valence-corrected chi connectivity index (χ3v) is 3.43.